The Kier molecular flexibility index (Phi) is 8.78. The molecule has 7 heteroatoms. The van der Waals surface area contributed by atoms with Crippen LogP contribution in [-0.2, 0) is 16.2 Å². The minimum Gasteiger partial charge on any atom is -0.489 e. The second kappa shape index (κ2) is 12.4. The maximum Gasteiger partial charge on any atom is 0.227 e. The monoisotopic (exact) mass is 452 g/mol. The van der Waals surface area contributed by atoms with Gasteiger partial charge in [0.05, 0.1) is 24.1 Å². The molecule has 2 amide bonds. The molecule has 7 nitrogen and oxygen atoms in total. The van der Waals surface area contributed by atoms with E-state index >= 15 is 0 Å². The molecule has 0 spiro atoms. The van der Waals surface area contributed by atoms with Crippen molar-refractivity contribution in [3.05, 3.63) is 90.0 Å². The number of benzene rings is 3. The molecule has 0 atom stereocenters. The van der Waals surface area contributed by atoms with Crippen LogP contribution in [0.5, 0.6) is 5.75 Å². The lowest BCUT2D eigenvalue weighted by Gasteiger charge is -2.21. The first kappa shape index (κ1) is 24.0. The van der Waals surface area contributed by atoms with Gasteiger partial charge in [-0.3, -0.25) is 9.59 Å². The molecule has 0 bridgehead atoms. The van der Waals surface area contributed by atoms with Gasteiger partial charge in [-0.1, -0.05) is 36.4 Å². The quantitative estimate of drug-likeness (QED) is 0.475. The number of hydrogen-bond donors (Lipinski definition) is 1. The molecule has 3 aromatic carbocycles. The van der Waals surface area contributed by atoms with Crippen molar-refractivity contribution in [2.45, 2.75) is 25.9 Å². The lowest BCUT2D eigenvalue weighted by Crippen LogP contribution is -2.32. The minimum absolute atomic E-state index is 0.0146. The van der Waals surface area contributed by atoms with E-state index < -0.39 is 0 Å². The van der Waals surface area contributed by atoms with Crippen LogP contribution in [0, 0.1) is 22.7 Å². The zero-order chi connectivity index (χ0) is 24.2. The lowest BCUT2D eigenvalue weighted by molar-refractivity contribution is -0.122. The molecular weight excluding hydrogens is 428 g/mol. The molecule has 0 unspecified atom stereocenters. The third-order valence-corrected chi connectivity index (χ3v) is 4.96. The molecule has 0 radical (unpaired) electrons. The van der Waals surface area contributed by atoms with Gasteiger partial charge in [0, 0.05) is 36.8 Å². The average Bonchev–Trinajstić information content (AvgIpc) is 2.87. The third kappa shape index (κ3) is 7.22. The zero-order valence-electron chi connectivity index (χ0n) is 18.6. The van der Waals surface area contributed by atoms with Crippen LogP contribution in [0.4, 0.5) is 11.4 Å². The van der Waals surface area contributed by atoms with E-state index in [2.05, 4.69) is 17.5 Å². The Balaban J connectivity index is 1.53. The SMILES string of the molecule is N#CCCN(C(=O)CCC(=O)Nc1cccc(OCc2cccc(C#N)c2)c1)c1ccccc1. The summed E-state index contributed by atoms with van der Waals surface area (Å²) in [5.74, 6) is 0.0665. The zero-order valence-corrected chi connectivity index (χ0v) is 18.6. The van der Waals surface area contributed by atoms with Gasteiger partial charge >= 0.3 is 0 Å². The van der Waals surface area contributed by atoms with Gasteiger partial charge in [0.25, 0.3) is 0 Å². The smallest absolute Gasteiger partial charge is 0.227 e. The summed E-state index contributed by atoms with van der Waals surface area (Å²) in [6, 6.07) is 27.4. The van der Waals surface area contributed by atoms with Crippen molar-refractivity contribution < 1.29 is 14.3 Å². The second-order valence-electron chi connectivity index (χ2n) is 7.47. The molecule has 1 N–H and O–H groups in total. The normalized spacial score (nSPS) is 9.94. The van der Waals surface area contributed by atoms with E-state index in [-0.39, 0.29) is 37.6 Å². The first-order valence-corrected chi connectivity index (χ1v) is 10.8. The van der Waals surface area contributed by atoms with Crippen molar-refractivity contribution in [2.24, 2.45) is 0 Å². The number of para-hydroxylation sites is 1. The Labute approximate surface area is 198 Å². The number of ether oxygens (including phenoxy) is 1. The van der Waals surface area contributed by atoms with Crippen LogP contribution in [0.2, 0.25) is 0 Å². The molecule has 0 aliphatic rings. The molecular formula is C27H24N4O3. The van der Waals surface area contributed by atoms with Gasteiger partial charge in [-0.2, -0.15) is 10.5 Å². The number of rotatable bonds is 10. The summed E-state index contributed by atoms with van der Waals surface area (Å²) in [6.45, 7) is 0.567. The van der Waals surface area contributed by atoms with E-state index in [4.69, 9.17) is 15.3 Å². The number of carbonyl (C=O) groups is 2. The van der Waals surface area contributed by atoms with Crippen molar-refractivity contribution >= 4 is 23.2 Å². The molecule has 3 rings (SSSR count). The fourth-order valence-corrected chi connectivity index (χ4v) is 3.31. The Bertz CT molecular complexity index is 1210. The van der Waals surface area contributed by atoms with Crippen LogP contribution < -0.4 is 15.0 Å². The molecule has 0 aliphatic heterocycles. The Hall–Kier alpha value is -4.62. The van der Waals surface area contributed by atoms with Gasteiger partial charge < -0.3 is 15.0 Å². The van der Waals surface area contributed by atoms with Crippen LogP contribution in [0.1, 0.15) is 30.4 Å². The van der Waals surface area contributed by atoms with Gasteiger partial charge in [-0.15, -0.1) is 0 Å². The van der Waals surface area contributed by atoms with E-state index in [9.17, 15) is 9.59 Å². The van der Waals surface area contributed by atoms with Crippen molar-refractivity contribution in [1.82, 2.24) is 0 Å². The van der Waals surface area contributed by atoms with Crippen LogP contribution in [0.15, 0.2) is 78.9 Å². The first-order valence-electron chi connectivity index (χ1n) is 10.8. The molecule has 34 heavy (non-hydrogen) atoms. The van der Waals surface area contributed by atoms with Crippen LogP contribution in [-0.4, -0.2) is 18.4 Å². The van der Waals surface area contributed by atoms with Crippen LogP contribution in [0.25, 0.3) is 0 Å². The van der Waals surface area contributed by atoms with Crippen molar-refractivity contribution in [3.8, 4) is 17.9 Å². The predicted molar refractivity (Wildman–Crippen MR) is 129 cm³/mol. The second-order valence-corrected chi connectivity index (χ2v) is 7.47. The first-order chi connectivity index (χ1) is 16.6. The largest absolute Gasteiger partial charge is 0.489 e. The molecule has 0 saturated heterocycles. The Morgan fingerprint density at radius 2 is 1.71 bits per heavy atom. The summed E-state index contributed by atoms with van der Waals surface area (Å²) in [6.07, 6.45) is 0.249. The summed E-state index contributed by atoms with van der Waals surface area (Å²) >= 11 is 0. The molecule has 0 saturated carbocycles. The highest BCUT2D eigenvalue weighted by Gasteiger charge is 2.17. The number of anilines is 2. The molecule has 0 heterocycles. The summed E-state index contributed by atoms with van der Waals surface area (Å²) < 4.78 is 5.78. The number of nitriles is 2. The number of nitrogens with one attached hydrogen (secondary N) is 1. The Morgan fingerprint density at radius 3 is 2.47 bits per heavy atom. The highest BCUT2D eigenvalue weighted by atomic mass is 16.5. The fraction of sp³-hybridized carbons (Fsp3) is 0.185. The molecule has 3 aromatic rings. The highest BCUT2D eigenvalue weighted by Crippen LogP contribution is 2.20. The summed E-state index contributed by atoms with van der Waals surface area (Å²) in [4.78, 5) is 26.7. The van der Waals surface area contributed by atoms with E-state index in [1.54, 1.807) is 54.6 Å². The number of amides is 2. The molecule has 0 aromatic heterocycles. The fourth-order valence-electron chi connectivity index (χ4n) is 3.31. The average molecular weight is 453 g/mol. The maximum atomic E-state index is 12.7. The summed E-state index contributed by atoms with van der Waals surface area (Å²) in [7, 11) is 0. The highest BCUT2D eigenvalue weighted by molar-refractivity contribution is 5.98. The van der Waals surface area contributed by atoms with Crippen molar-refractivity contribution in [2.75, 3.05) is 16.8 Å². The number of nitrogens with zero attached hydrogens (tertiary/aromatic N) is 3. The number of hydrogen-bond acceptors (Lipinski definition) is 5. The van der Waals surface area contributed by atoms with Gasteiger partial charge in [0.2, 0.25) is 11.8 Å². The number of carbonyl (C=O) groups excluding carboxylic acids is 2. The van der Waals surface area contributed by atoms with Gasteiger partial charge in [0.1, 0.15) is 12.4 Å². The van der Waals surface area contributed by atoms with Gasteiger partial charge in [-0.05, 0) is 42.0 Å². The predicted octanol–water partition coefficient (Wildman–Crippen LogP) is 4.80. The van der Waals surface area contributed by atoms with E-state index in [1.165, 1.54) is 4.90 Å². The topological polar surface area (TPSA) is 106 Å². The van der Waals surface area contributed by atoms with Crippen LogP contribution >= 0.6 is 0 Å². The van der Waals surface area contributed by atoms with E-state index in [0.29, 0.717) is 29.3 Å². The summed E-state index contributed by atoms with van der Waals surface area (Å²) in [5.41, 5.74) is 2.69. The standard InChI is InChI=1S/C27H24N4O3/c28-15-6-16-31(24-10-2-1-3-11-24)27(33)14-13-26(32)30-23-9-5-12-25(18-23)34-20-22-8-4-7-21(17-22)19-29/h1-5,7-12,17-18H,6,13-14,16,20H2,(H,30,32). The lowest BCUT2D eigenvalue weighted by atomic mass is 10.1. The summed E-state index contributed by atoms with van der Waals surface area (Å²) in [5, 5.41) is 20.7. The molecule has 0 fully saturated rings. The molecule has 170 valence electrons. The van der Waals surface area contributed by atoms with Crippen molar-refractivity contribution in [3.63, 3.8) is 0 Å². The maximum absolute atomic E-state index is 12.7. The Morgan fingerprint density at radius 1 is 0.912 bits per heavy atom. The van der Waals surface area contributed by atoms with E-state index in [1.807, 2.05) is 24.3 Å². The van der Waals surface area contributed by atoms with Gasteiger partial charge in [-0.25, -0.2) is 0 Å². The third-order valence-electron chi connectivity index (χ3n) is 4.96. The van der Waals surface area contributed by atoms with Crippen molar-refractivity contribution in [1.29, 1.82) is 10.5 Å². The van der Waals surface area contributed by atoms with Crippen LogP contribution in [0.3, 0.4) is 0 Å². The van der Waals surface area contributed by atoms with Gasteiger partial charge in [0.15, 0.2) is 0 Å². The molecule has 0 aliphatic carbocycles. The van der Waals surface area contributed by atoms with E-state index in [0.717, 1.165) is 5.56 Å². The minimum atomic E-state index is -0.291.